The minimum Gasteiger partial charge on any atom is -0.388 e. The third-order valence-electron chi connectivity index (χ3n) is 2.04. The van der Waals surface area contributed by atoms with Crippen LogP contribution in [0.15, 0.2) is 27.2 Å². The molecule has 0 aliphatic heterocycles. The van der Waals surface area contributed by atoms with Crippen LogP contribution < -0.4 is 0 Å². The smallest absolute Gasteiger partial charge is 0.258 e. The Morgan fingerprint density at radius 2 is 2.27 bits per heavy atom. The molecule has 0 atom stereocenters. The van der Waals surface area contributed by atoms with Gasteiger partial charge in [-0.25, -0.2) is 0 Å². The van der Waals surface area contributed by atoms with Crippen molar-refractivity contribution in [2.45, 2.75) is 13.5 Å². The van der Waals surface area contributed by atoms with Crippen LogP contribution in [0.5, 0.6) is 0 Å². The third kappa shape index (κ3) is 2.08. The van der Waals surface area contributed by atoms with Crippen LogP contribution in [0, 0.1) is 6.92 Å². The number of hydrogen-bond donors (Lipinski definition) is 1. The van der Waals surface area contributed by atoms with Gasteiger partial charge >= 0.3 is 0 Å². The van der Waals surface area contributed by atoms with Gasteiger partial charge in [-0.1, -0.05) is 27.2 Å². The molecular formula is C10H9BrN2O2. The van der Waals surface area contributed by atoms with E-state index in [1.54, 1.807) is 0 Å². The molecule has 2 aromatic rings. The van der Waals surface area contributed by atoms with Crippen molar-refractivity contribution in [2.75, 3.05) is 0 Å². The van der Waals surface area contributed by atoms with Gasteiger partial charge in [0.2, 0.25) is 0 Å². The number of aromatic nitrogens is 2. The SMILES string of the molecule is Cc1ccc(Br)cc1-c1nc(CO)no1. The lowest BCUT2D eigenvalue weighted by atomic mass is 10.1. The summed E-state index contributed by atoms with van der Waals surface area (Å²) in [7, 11) is 0. The number of hydrogen-bond acceptors (Lipinski definition) is 4. The van der Waals surface area contributed by atoms with E-state index in [-0.39, 0.29) is 6.61 Å². The summed E-state index contributed by atoms with van der Waals surface area (Å²) in [6, 6.07) is 5.81. The highest BCUT2D eigenvalue weighted by Gasteiger charge is 2.10. The maximum Gasteiger partial charge on any atom is 0.258 e. The summed E-state index contributed by atoms with van der Waals surface area (Å²) in [6.45, 7) is 1.75. The number of aryl methyl sites for hydroxylation is 1. The quantitative estimate of drug-likeness (QED) is 0.908. The number of aliphatic hydroxyl groups is 1. The van der Waals surface area contributed by atoms with E-state index in [0.717, 1.165) is 15.6 Å². The molecule has 1 N–H and O–H groups in total. The summed E-state index contributed by atoms with van der Waals surface area (Å²) < 4.78 is 5.99. The van der Waals surface area contributed by atoms with Crippen LogP contribution in [0.1, 0.15) is 11.4 Å². The summed E-state index contributed by atoms with van der Waals surface area (Å²) in [4.78, 5) is 4.05. The number of halogens is 1. The average Bonchev–Trinajstić information content (AvgIpc) is 2.70. The molecule has 78 valence electrons. The first-order valence-corrected chi connectivity index (χ1v) is 5.20. The second kappa shape index (κ2) is 4.12. The second-order valence-corrected chi connectivity index (χ2v) is 4.05. The van der Waals surface area contributed by atoms with Crippen LogP contribution in [0.2, 0.25) is 0 Å². The fourth-order valence-electron chi connectivity index (χ4n) is 1.25. The highest BCUT2D eigenvalue weighted by Crippen LogP contribution is 2.25. The van der Waals surface area contributed by atoms with Gasteiger partial charge in [0, 0.05) is 10.0 Å². The Hall–Kier alpha value is -1.20. The molecule has 0 saturated heterocycles. The molecule has 0 spiro atoms. The van der Waals surface area contributed by atoms with Gasteiger partial charge in [0.05, 0.1) is 0 Å². The van der Waals surface area contributed by atoms with Crippen molar-refractivity contribution in [3.05, 3.63) is 34.1 Å². The zero-order valence-corrected chi connectivity index (χ0v) is 9.65. The second-order valence-electron chi connectivity index (χ2n) is 3.13. The van der Waals surface area contributed by atoms with Crippen molar-refractivity contribution >= 4 is 15.9 Å². The minimum atomic E-state index is -0.212. The van der Waals surface area contributed by atoms with E-state index in [1.165, 1.54) is 0 Å². The highest BCUT2D eigenvalue weighted by molar-refractivity contribution is 9.10. The van der Waals surface area contributed by atoms with Gasteiger partial charge in [-0.2, -0.15) is 4.98 Å². The summed E-state index contributed by atoms with van der Waals surface area (Å²) in [5.74, 6) is 0.724. The molecule has 1 aromatic heterocycles. The molecule has 4 nitrogen and oxygen atoms in total. The maximum absolute atomic E-state index is 8.83. The van der Waals surface area contributed by atoms with E-state index in [9.17, 15) is 0 Å². The van der Waals surface area contributed by atoms with Crippen LogP contribution in [0.3, 0.4) is 0 Å². The Morgan fingerprint density at radius 3 is 2.93 bits per heavy atom. The van der Waals surface area contributed by atoms with E-state index in [1.807, 2.05) is 25.1 Å². The van der Waals surface area contributed by atoms with Crippen LogP contribution >= 0.6 is 15.9 Å². The zero-order chi connectivity index (χ0) is 10.8. The first-order chi connectivity index (χ1) is 7.20. The van der Waals surface area contributed by atoms with Crippen LogP contribution in [-0.2, 0) is 6.61 Å². The topological polar surface area (TPSA) is 59.2 Å². The highest BCUT2D eigenvalue weighted by atomic mass is 79.9. The van der Waals surface area contributed by atoms with E-state index >= 15 is 0 Å². The number of nitrogens with zero attached hydrogens (tertiary/aromatic N) is 2. The predicted octanol–water partition coefficient (Wildman–Crippen LogP) is 2.30. The Bertz CT molecular complexity index is 482. The molecule has 5 heteroatoms. The van der Waals surface area contributed by atoms with Crippen LogP contribution in [-0.4, -0.2) is 15.2 Å². The van der Waals surface area contributed by atoms with Gasteiger partial charge in [0.15, 0.2) is 5.82 Å². The molecule has 1 heterocycles. The molecule has 15 heavy (non-hydrogen) atoms. The Morgan fingerprint density at radius 1 is 1.47 bits per heavy atom. The molecule has 0 saturated carbocycles. The molecule has 0 unspecified atom stereocenters. The van der Waals surface area contributed by atoms with E-state index in [4.69, 9.17) is 9.63 Å². The van der Waals surface area contributed by atoms with Gasteiger partial charge in [-0.3, -0.25) is 0 Å². The number of aliphatic hydroxyl groups excluding tert-OH is 1. The predicted molar refractivity (Wildman–Crippen MR) is 58.1 cm³/mol. The standard InChI is InChI=1S/C10H9BrN2O2/c1-6-2-3-7(11)4-8(6)10-12-9(5-14)13-15-10/h2-4,14H,5H2,1H3. The van der Waals surface area contributed by atoms with Gasteiger partial charge in [0.1, 0.15) is 6.61 Å². The van der Waals surface area contributed by atoms with Gasteiger partial charge < -0.3 is 9.63 Å². The summed E-state index contributed by atoms with van der Waals surface area (Å²) in [5, 5.41) is 12.5. The van der Waals surface area contributed by atoms with Gasteiger partial charge in [-0.05, 0) is 24.6 Å². The van der Waals surface area contributed by atoms with Crippen molar-refractivity contribution in [2.24, 2.45) is 0 Å². The van der Waals surface area contributed by atoms with E-state index < -0.39 is 0 Å². The maximum atomic E-state index is 8.83. The Kier molecular flexibility index (Phi) is 2.83. The zero-order valence-electron chi connectivity index (χ0n) is 8.07. The van der Waals surface area contributed by atoms with Crippen LogP contribution in [0.4, 0.5) is 0 Å². The Labute approximate surface area is 95.1 Å². The van der Waals surface area contributed by atoms with Gasteiger partial charge in [-0.15, -0.1) is 0 Å². The fourth-order valence-corrected chi connectivity index (χ4v) is 1.61. The molecule has 0 fully saturated rings. The summed E-state index contributed by atoms with van der Waals surface area (Å²) >= 11 is 3.38. The van der Waals surface area contributed by atoms with E-state index in [0.29, 0.717) is 11.7 Å². The Balaban J connectivity index is 2.48. The monoisotopic (exact) mass is 268 g/mol. The summed E-state index contributed by atoms with van der Waals surface area (Å²) in [5.41, 5.74) is 1.92. The minimum absolute atomic E-state index is 0.212. The van der Waals surface area contributed by atoms with Crippen molar-refractivity contribution in [3.63, 3.8) is 0 Å². The summed E-state index contributed by atoms with van der Waals surface area (Å²) in [6.07, 6.45) is 0. The van der Waals surface area contributed by atoms with Crippen molar-refractivity contribution in [1.82, 2.24) is 10.1 Å². The molecule has 0 radical (unpaired) electrons. The van der Waals surface area contributed by atoms with Crippen LogP contribution in [0.25, 0.3) is 11.5 Å². The van der Waals surface area contributed by atoms with Crippen molar-refractivity contribution < 1.29 is 9.63 Å². The molecule has 0 aliphatic rings. The lowest BCUT2D eigenvalue weighted by Gasteiger charge is -2.00. The number of benzene rings is 1. The first kappa shape index (κ1) is 10.3. The molecule has 2 rings (SSSR count). The molecule has 0 aliphatic carbocycles. The number of rotatable bonds is 2. The van der Waals surface area contributed by atoms with E-state index in [2.05, 4.69) is 26.1 Å². The average molecular weight is 269 g/mol. The normalized spacial score (nSPS) is 10.6. The molecule has 0 bridgehead atoms. The molecule has 1 aromatic carbocycles. The molecule has 0 amide bonds. The van der Waals surface area contributed by atoms with Crippen molar-refractivity contribution in [1.29, 1.82) is 0 Å². The van der Waals surface area contributed by atoms with Crippen molar-refractivity contribution in [3.8, 4) is 11.5 Å². The molecular weight excluding hydrogens is 260 g/mol. The largest absolute Gasteiger partial charge is 0.388 e. The third-order valence-corrected chi connectivity index (χ3v) is 2.53. The van der Waals surface area contributed by atoms with Gasteiger partial charge in [0.25, 0.3) is 5.89 Å². The lowest BCUT2D eigenvalue weighted by molar-refractivity contribution is 0.264. The fraction of sp³-hybridized carbons (Fsp3) is 0.200. The lowest BCUT2D eigenvalue weighted by Crippen LogP contribution is -1.86. The first-order valence-electron chi connectivity index (χ1n) is 4.40.